The number of carbonyl (C=O) groups is 1. The van der Waals surface area contributed by atoms with Crippen molar-refractivity contribution in [2.45, 2.75) is 13.5 Å². The van der Waals surface area contributed by atoms with Gasteiger partial charge in [0.05, 0.1) is 12.9 Å². The molecule has 0 amide bonds. The van der Waals surface area contributed by atoms with E-state index in [-0.39, 0.29) is 11.6 Å². The van der Waals surface area contributed by atoms with Crippen LogP contribution in [0, 0.1) is 0 Å². The molecule has 0 aliphatic carbocycles. The van der Waals surface area contributed by atoms with E-state index in [0.717, 1.165) is 11.1 Å². The molecule has 30 heavy (non-hydrogen) atoms. The van der Waals surface area contributed by atoms with Gasteiger partial charge in [0.25, 0.3) is 5.90 Å². The Morgan fingerprint density at radius 1 is 1.07 bits per heavy atom. The van der Waals surface area contributed by atoms with Crippen LogP contribution in [0.15, 0.2) is 76.0 Å². The molecule has 3 aromatic rings. The van der Waals surface area contributed by atoms with Crippen molar-refractivity contribution in [3.8, 4) is 11.5 Å². The Bertz CT molecular complexity index is 1100. The van der Waals surface area contributed by atoms with Gasteiger partial charge in [0.2, 0.25) is 0 Å². The normalized spacial score (nSPS) is 14.5. The van der Waals surface area contributed by atoms with Crippen molar-refractivity contribution in [1.82, 2.24) is 0 Å². The highest BCUT2D eigenvalue weighted by molar-refractivity contribution is 6.30. The summed E-state index contributed by atoms with van der Waals surface area (Å²) in [5.41, 5.74) is 1.90. The molecule has 0 fully saturated rings. The summed E-state index contributed by atoms with van der Waals surface area (Å²) < 4.78 is 22.0. The van der Waals surface area contributed by atoms with Gasteiger partial charge in [-0.25, -0.2) is 9.79 Å². The van der Waals surface area contributed by atoms with Crippen LogP contribution in [-0.2, 0) is 16.1 Å². The summed E-state index contributed by atoms with van der Waals surface area (Å²) in [6, 6.07) is 16.2. The van der Waals surface area contributed by atoms with Gasteiger partial charge in [0, 0.05) is 5.02 Å². The number of nitrogens with zero attached hydrogens (tertiary/aromatic N) is 1. The molecular formula is C23H18ClNO5. The Labute approximate surface area is 178 Å². The molecule has 7 heteroatoms. The molecule has 0 spiro atoms. The number of esters is 1. The van der Waals surface area contributed by atoms with Gasteiger partial charge in [0.1, 0.15) is 6.61 Å². The standard InChI is InChI=1S/C23H18ClNO5/c1-2-27-21-13-16(7-10-19(21)29-14-15-5-8-17(24)9-6-15)12-18-23(26)30-22(25-18)20-4-3-11-28-20/h3-13H,2,14H2,1H3/b18-12-. The van der Waals surface area contributed by atoms with Crippen LogP contribution in [-0.4, -0.2) is 18.5 Å². The average molecular weight is 424 g/mol. The first-order valence-electron chi connectivity index (χ1n) is 9.33. The van der Waals surface area contributed by atoms with Crippen molar-refractivity contribution in [2.24, 2.45) is 4.99 Å². The predicted molar refractivity (Wildman–Crippen MR) is 113 cm³/mol. The first-order valence-corrected chi connectivity index (χ1v) is 9.70. The first-order chi connectivity index (χ1) is 14.6. The average Bonchev–Trinajstić information content (AvgIpc) is 3.39. The van der Waals surface area contributed by atoms with Crippen LogP contribution in [0.3, 0.4) is 0 Å². The van der Waals surface area contributed by atoms with Crippen molar-refractivity contribution in [3.05, 3.63) is 88.5 Å². The number of hydrogen-bond donors (Lipinski definition) is 0. The summed E-state index contributed by atoms with van der Waals surface area (Å²) in [5.74, 6) is 1.17. The summed E-state index contributed by atoms with van der Waals surface area (Å²) >= 11 is 5.92. The highest BCUT2D eigenvalue weighted by Gasteiger charge is 2.25. The third kappa shape index (κ3) is 4.55. The third-order valence-electron chi connectivity index (χ3n) is 4.23. The zero-order valence-corrected chi connectivity index (χ0v) is 16.9. The van der Waals surface area contributed by atoms with Crippen LogP contribution < -0.4 is 9.47 Å². The maximum atomic E-state index is 12.1. The number of benzene rings is 2. The maximum Gasteiger partial charge on any atom is 0.363 e. The highest BCUT2D eigenvalue weighted by atomic mass is 35.5. The second-order valence-electron chi connectivity index (χ2n) is 6.37. The SMILES string of the molecule is CCOc1cc(/C=C2\N=C(c3ccco3)OC2=O)ccc1OCc1ccc(Cl)cc1. The predicted octanol–water partition coefficient (Wildman–Crippen LogP) is 5.26. The number of aliphatic imine (C=N–C) groups is 1. The van der Waals surface area contributed by atoms with E-state index < -0.39 is 5.97 Å². The number of rotatable bonds is 7. The molecule has 6 nitrogen and oxygen atoms in total. The van der Waals surface area contributed by atoms with E-state index in [4.69, 9.17) is 30.2 Å². The van der Waals surface area contributed by atoms with Crippen LogP contribution in [0.5, 0.6) is 11.5 Å². The molecule has 0 saturated heterocycles. The number of ether oxygens (including phenoxy) is 3. The number of carbonyl (C=O) groups excluding carboxylic acids is 1. The molecule has 1 aromatic heterocycles. The zero-order chi connectivity index (χ0) is 20.9. The fourth-order valence-electron chi connectivity index (χ4n) is 2.82. The monoisotopic (exact) mass is 423 g/mol. The largest absolute Gasteiger partial charge is 0.490 e. The van der Waals surface area contributed by atoms with E-state index in [0.29, 0.717) is 35.5 Å². The van der Waals surface area contributed by atoms with Crippen LogP contribution in [0.4, 0.5) is 0 Å². The first kappa shape index (κ1) is 19.8. The van der Waals surface area contributed by atoms with E-state index in [1.807, 2.05) is 37.3 Å². The minimum absolute atomic E-state index is 0.143. The minimum atomic E-state index is -0.539. The molecule has 4 rings (SSSR count). The lowest BCUT2D eigenvalue weighted by Gasteiger charge is -2.13. The molecule has 2 heterocycles. The molecule has 0 N–H and O–H groups in total. The molecule has 0 unspecified atom stereocenters. The van der Waals surface area contributed by atoms with Gasteiger partial charge in [-0.05, 0) is 60.5 Å². The summed E-state index contributed by atoms with van der Waals surface area (Å²) in [5, 5.41) is 0.675. The topological polar surface area (TPSA) is 70.3 Å². The lowest BCUT2D eigenvalue weighted by molar-refractivity contribution is -0.130. The van der Waals surface area contributed by atoms with Gasteiger partial charge in [-0.1, -0.05) is 29.8 Å². The Hall–Kier alpha value is -3.51. The van der Waals surface area contributed by atoms with Crippen molar-refractivity contribution in [2.75, 3.05) is 6.61 Å². The highest BCUT2D eigenvalue weighted by Crippen LogP contribution is 2.31. The van der Waals surface area contributed by atoms with E-state index in [9.17, 15) is 4.79 Å². The summed E-state index contributed by atoms with van der Waals surface area (Å²) in [6.45, 7) is 2.74. The van der Waals surface area contributed by atoms with Crippen molar-refractivity contribution in [3.63, 3.8) is 0 Å². The van der Waals surface area contributed by atoms with Crippen molar-refractivity contribution in [1.29, 1.82) is 0 Å². The number of hydrogen-bond acceptors (Lipinski definition) is 6. The fraction of sp³-hybridized carbons (Fsp3) is 0.130. The van der Waals surface area contributed by atoms with Gasteiger partial charge in [-0.3, -0.25) is 0 Å². The Morgan fingerprint density at radius 2 is 1.90 bits per heavy atom. The van der Waals surface area contributed by atoms with Gasteiger partial charge < -0.3 is 18.6 Å². The molecule has 2 aromatic carbocycles. The number of halogens is 1. The quantitative estimate of drug-likeness (QED) is 0.383. The summed E-state index contributed by atoms with van der Waals surface area (Å²) in [7, 11) is 0. The molecule has 0 saturated carbocycles. The van der Waals surface area contributed by atoms with Gasteiger partial charge >= 0.3 is 5.97 Å². The Balaban J connectivity index is 1.54. The molecule has 0 radical (unpaired) electrons. The van der Waals surface area contributed by atoms with Crippen LogP contribution in [0.25, 0.3) is 6.08 Å². The molecule has 1 aliphatic heterocycles. The van der Waals surface area contributed by atoms with Crippen LogP contribution >= 0.6 is 11.6 Å². The number of cyclic esters (lactones) is 1. The second-order valence-corrected chi connectivity index (χ2v) is 6.80. The lowest BCUT2D eigenvalue weighted by Crippen LogP contribution is -2.04. The minimum Gasteiger partial charge on any atom is -0.490 e. The van der Waals surface area contributed by atoms with E-state index in [2.05, 4.69) is 4.99 Å². The summed E-state index contributed by atoms with van der Waals surface area (Å²) in [6.07, 6.45) is 3.12. The Morgan fingerprint density at radius 3 is 2.63 bits per heavy atom. The van der Waals surface area contributed by atoms with Gasteiger partial charge in [-0.15, -0.1) is 0 Å². The molecule has 1 aliphatic rings. The summed E-state index contributed by atoms with van der Waals surface area (Å²) in [4.78, 5) is 16.4. The molecule has 0 bridgehead atoms. The third-order valence-corrected chi connectivity index (χ3v) is 4.48. The molecule has 152 valence electrons. The fourth-order valence-corrected chi connectivity index (χ4v) is 2.94. The molecular weight excluding hydrogens is 406 g/mol. The van der Waals surface area contributed by atoms with E-state index >= 15 is 0 Å². The van der Waals surface area contributed by atoms with Crippen molar-refractivity contribution >= 4 is 29.5 Å². The van der Waals surface area contributed by atoms with Crippen LogP contribution in [0.2, 0.25) is 5.02 Å². The zero-order valence-electron chi connectivity index (χ0n) is 16.1. The maximum absolute atomic E-state index is 12.1. The van der Waals surface area contributed by atoms with E-state index in [1.165, 1.54) is 6.26 Å². The smallest absolute Gasteiger partial charge is 0.363 e. The van der Waals surface area contributed by atoms with Gasteiger partial charge in [0.15, 0.2) is 23.0 Å². The lowest BCUT2D eigenvalue weighted by atomic mass is 10.1. The van der Waals surface area contributed by atoms with Gasteiger partial charge in [-0.2, -0.15) is 0 Å². The van der Waals surface area contributed by atoms with E-state index in [1.54, 1.807) is 30.3 Å². The number of furan rings is 1. The second kappa shape index (κ2) is 8.88. The Kier molecular flexibility index (Phi) is 5.86. The van der Waals surface area contributed by atoms with Crippen molar-refractivity contribution < 1.29 is 23.4 Å². The molecule has 0 atom stereocenters. The van der Waals surface area contributed by atoms with Crippen LogP contribution in [0.1, 0.15) is 23.8 Å².